The predicted octanol–water partition coefficient (Wildman–Crippen LogP) is 1.85. The van der Waals surface area contributed by atoms with Crippen molar-refractivity contribution in [2.24, 2.45) is 5.73 Å². The summed E-state index contributed by atoms with van der Waals surface area (Å²) in [6.45, 7) is 3.96. The van der Waals surface area contributed by atoms with Gasteiger partial charge in [0.2, 0.25) is 5.76 Å². The minimum Gasteiger partial charge on any atom is -0.438 e. The second kappa shape index (κ2) is 6.04. The zero-order valence-corrected chi connectivity index (χ0v) is 11.4. The highest BCUT2D eigenvalue weighted by molar-refractivity contribution is 6.02. The molecule has 1 aromatic carbocycles. The lowest BCUT2D eigenvalue weighted by Crippen LogP contribution is -2.12. The van der Waals surface area contributed by atoms with Crippen LogP contribution in [0.2, 0.25) is 0 Å². The fraction of sp³-hybridized carbons (Fsp3) is 0.200. The van der Waals surface area contributed by atoms with E-state index in [0.29, 0.717) is 17.9 Å². The molecule has 1 amide bonds. The normalized spacial score (nSPS) is 9.75. The molecule has 5 nitrogen and oxygen atoms in total. The van der Waals surface area contributed by atoms with Gasteiger partial charge in [0.05, 0.1) is 12.2 Å². The number of hydrogen-bond donors (Lipinski definition) is 2. The summed E-state index contributed by atoms with van der Waals surface area (Å²) >= 11 is 0. The maximum atomic E-state index is 12.0. The summed E-state index contributed by atoms with van der Waals surface area (Å²) in [4.78, 5) is 15.9. The summed E-state index contributed by atoms with van der Waals surface area (Å²) < 4.78 is 5.05. The molecule has 3 N–H and O–H groups in total. The van der Waals surface area contributed by atoms with Gasteiger partial charge in [-0.25, -0.2) is 4.98 Å². The van der Waals surface area contributed by atoms with Crippen LogP contribution in [0.4, 0.5) is 5.69 Å². The van der Waals surface area contributed by atoms with Crippen molar-refractivity contribution in [3.63, 3.8) is 0 Å². The van der Waals surface area contributed by atoms with Crippen molar-refractivity contribution < 1.29 is 9.21 Å². The lowest BCUT2D eigenvalue weighted by atomic mass is 10.1. The molecule has 0 radical (unpaired) electrons. The largest absolute Gasteiger partial charge is 0.438 e. The molecule has 102 valence electrons. The smallest absolute Gasteiger partial charge is 0.293 e. The summed E-state index contributed by atoms with van der Waals surface area (Å²) in [6, 6.07) is 5.51. The van der Waals surface area contributed by atoms with Gasteiger partial charge in [-0.2, -0.15) is 0 Å². The third kappa shape index (κ3) is 3.05. The summed E-state index contributed by atoms with van der Waals surface area (Å²) in [5, 5.41) is 2.76. The first-order valence-corrected chi connectivity index (χ1v) is 6.13. The molecule has 0 aliphatic heterocycles. The van der Waals surface area contributed by atoms with E-state index in [1.807, 2.05) is 25.1 Å². The van der Waals surface area contributed by atoms with E-state index in [2.05, 4.69) is 22.1 Å². The van der Waals surface area contributed by atoms with Crippen molar-refractivity contribution >= 4 is 11.6 Å². The lowest BCUT2D eigenvalue weighted by Gasteiger charge is -2.06. The Balaban J connectivity index is 2.22. The summed E-state index contributed by atoms with van der Waals surface area (Å²) in [5.74, 6) is 5.65. The van der Waals surface area contributed by atoms with Gasteiger partial charge in [0, 0.05) is 11.3 Å². The van der Waals surface area contributed by atoms with E-state index in [1.165, 1.54) is 6.39 Å². The number of nitrogens with zero attached hydrogens (tertiary/aromatic N) is 1. The van der Waals surface area contributed by atoms with E-state index in [1.54, 1.807) is 6.92 Å². The Kier molecular flexibility index (Phi) is 4.18. The molecule has 0 unspecified atom stereocenters. The molecule has 0 spiro atoms. The number of carbonyl (C=O) groups is 1. The standard InChI is InChI=1S/C15H15N3O2/c1-10-5-6-13(8-12(10)4-3-7-16)18-15(19)14-11(2)17-9-20-14/h5-6,8-9H,7,16H2,1-2H3,(H,18,19). The number of hydrogen-bond acceptors (Lipinski definition) is 4. The maximum Gasteiger partial charge on any atom is 0.293 e. The molecule has 5 heteroatoms. The number of carbonyl (C=O) groups excluding carboxylic acids is 1. The highest BCUT2D eigenvalue weighted by Gasteiger charge is 2.14. The van der Waals surface area contributed by atoms with E-state index >= 15 is 0 Å². The Morgan fingerprint density at radius 2 is 2.25 bits per heavy atom. The molecule has 0 bridgehead atoms. The number of nitrogens with one attached hydrogen (secondary N) is 1. The van der Waals surface area contributed by atoms with Gasteiger partial charge >= 0.3 is 0 Å². The van der Waals surface area contributed by atoms with Crippen molar-refractivity contribution in [3.8, 4) is 11.8 Å². The first kappa shape index (κ1) is 13.8. The molecule has 20 heavy (non-hydrogen) atoms. The van der Waals surface area contributed by atoms with E-state index < -0.39 is 0 Å². The molecular formula is C15H15N3O2. The van der Waals surface area contributed by atoms with E-state index in [9.17, 15) is 4.79 Å². The second-order valence-electron chi connectivity index (χ2n) is 4.26. The zero-order chi connectivity index (χ0) is 14.5. The molecular weight excluding hydrogens is 254 g/mol. The van der Waals surface area contributed by atoms with Gasteiger partial charge in [-0.15, -0.1) is 0 Å². The number of benzene rings is 1. The monoisotopic (exact) mass is 269 g/mol. The van der Waals surface area contributed by atoms with Crippen LogP contribution in [-0.2, 0) is 0 Å². The molecule has 0 fully saturated rings. The van der Waals surface area contributed by atoms with Gasteiger partial charge in [0.1, 0.15) is 0 Å². The van der Waals surface area contributed by atoms with Crippen molar-refractivity contribution in [1.29, 1.82) is 0 Å². The molecule has 1 aromatic heterocycles. The van der Waals surface area contributed by atoms with Crippen LogP contribution >= 0.6 is 0 Å². The maximum absolute atomic E-state index is 12.0. The Labute approximate surface area is 117 Å². The predicted molar refractivity (Wildman–Crippen MR) is 76.3 cm³/mol. The first-order chi connectivity index (χ1) is 9.61. The Morgan fingerprint density at radius 3 is 2.90 bits per heavy atom. The van der Waals surface area contributed by atoms with Crippen LogP contribution in [0.1, 0.15) is 27.4 Å². The average Bonchev–Trinajstić information content (AvgIpc) is 2.85. The molecule has 0 aliphatic rings. The van der Waals surface area contributed by atoms with Crippen molar-refractivity contribution in [2.75, 3.05) is 11.9 Å². The van der Waals surface area contributed by atoms with E-state index in [-0.39, 0.29) is 11.7 Å². The van der Waals surface area contributed by atoms with Crippen LogP contribution in [0.3, 0.4) is 0 Å². The SMILES string of the molecule is Cc1ccc(NC(=O)c2ocnc2C)cc1C#CCN. The Hall–Kier alpha value is -2.58. The second-order valence-corrected chi connectivity index (χ2v) is 4.26. The number of nitrogens with two attached hydrogens (primary N) is 1. The number of oxazole rings is 1. The molecule has 2 aromatic rings. The summed E-state index contributed by atoms with van der Waals surface area (Å²) in [7, 11) is 0. The molecule has 0 aliphatic carbocycles. The highest BCUT2D eigenvalue weighted by atomic mass is 16.3. The molecule has 0 saturated carbocycles. The quantitative estimate of drug-likeness (QED) is 0.815. The van der Waals surface area contributed by atoms with Gasteiger partial charge in [-0.1, -0.05) is 17.9 Å². The van der Waals surface area contributed by atoms with Crippen molar-refractivity contribution in [2.45, 2.75) is 13.8 Å². The third-order valence-corrected chi connectivity index (χ3v) is 2.77. The number of rotatable bonds is 2. The summed E-state index contributed by atoms with van der Waals surface area (Å²) in [5.41, 5.74) is 8.43. The number of aromatic nitrogens is 1. The van der Waals surface area contributed by atoms with Gasteiger partial charge in [0.15, 0.2) is 6.39 Å². The average molecular weight is 269 g/mol. The lowest BCUT2D eigenvalue weighted by molar-refractivity contribution is 0.0996. The van der Waals surface area contributed by atoms with Crippen LogP contribution in [0.5, 0.6) is 0 Å². The van der Waals surface area contributed by atoms with Crippen LogP contribution < -0.4 is 11.1 Å². The number of anilines is 1. The molecule has 0 saturated heterocycles. The number of aryl methyl sites for hydroxylation is 2. The zero-order valence-electron chi connectivity index (χ0n) is 11.4. The van der Waals surface area contributed by atoms with E-state index in [4.69, 9.17) is 10.2 Å². The minimum absolute atomic E-state index is 0.208. The first-order valence-electron chi connectivity index (χ1n) is 6.13. The molecule has 0 atom stereocenters. The van der Waals surface area contributed by atoms with Gasteiger partial charge < -0.3 is 15.5 Å². The molecule has 1 heterocycles. The van der Waals surface area contributed by atoms with Crippen molar-refractivity contribution in [1.82, 2.24) is 4.98 Å². The topological polar surface area (TPSA) is 81.2 Å². The Morgan fingerprint density at radius 1 is 1.45 bits per heavy atom. The van der Waals surface area contributed by atoms with Crippen LogP contribution in [-0.4, -0.2) is 17.4 Å². The fourth-order valence-electron chi connectivity index (χ4n) is 1.69. The van der Waals surface area contributed by atoms with Gasteiger partial charge in [-0.3, -0.25) is 4.79 Å². The van der Waals surface area contributed by atoms with Crippen molar-refractivity contribution in [3.05, 3.63) is 47.2 Å². The third-order valence-electron chi connectivity index (χ3n) is 2.77. The van der Waals surface area contributed by atoms with Gasteiger partial charge in [-0.05, 0) is 31.5 Å². The van der Waals surface area contributed by atoms with Crippen LogP contribution in [0, 0.1) is 25.7 Å². The summed E-state index contributed by atoms with van der Waals surface area (Å²) in [6.07, 6.45) is 1.25. The minimum atomic E-state index is -0.332. The van der Waals surface area contributed by atoms with Gasteiger partial charge in [0.25, 0.3) is 5.91 Å². The number of amides is 1. The highest BCUT2D eigenvalue weighted by Crippen LogP contribution is 2.16. The molecule has 2 rings (SSSR count). The Bertz CT molecular complexity index is 693. The fourth-order valence-corrected chi connectivity index (χ4v) is 1.69. The van der Waals surface area contributed by atoms with Crippen LogP contribution in [0.15, 0.2) is 29.0 Å². The van der Waals surface area contributed by atoms with E-state index in [0.717, 1.165) is 11.1 Å². The van der Waals surface area contributed by atoms with Crippen LogP contribution in [0.25, 0.3) is 0 Å².